The third-order valence-corrected chi connectivity index (χ3v) is 4.14. The molecule has 0 bridgehead atoms. The molecule has 0 N–H and O–H groups in total. The molecule has 1 amide bonds. The van der Waals surface area contributed by atoms with Crippen LogP contribution in [0.15, 0.2) is 0 Å². The maximum Gasteiger partial charge on any atom is 0.237 e. The van der Waals surface area contributed by atoms with Gasteiger partial charge in [0.25, 0.3) is 0 Å². The summed E-state index contributed by atoms with van der Waals surface area (Å²) in [6.07, 6.45) is 2.45. The second-order valence-corrected chi connectivity index (χ2v) is 6.13. The van der Waals surface area contributed by atoms with E-state index in [0.717, 1.165) is 12.8 Å². The van der Waals surface area contributed by atoms with Crippen molar-refractivity contribution in [3.05, 3.63) is 0 Å². The molecule has 5 nitrogen and oxygen atoms in total. The Balaban J connectivity index is 2.39. The number of rotatable bonds is 5. The van der Waals surface area contributed by atoms with Crippen LogP contribution in [0.25, 0.3) is 0 Å². The third-order valence-electron chi connectivity index (χ3n) is 2.55. The van der Waals surface area contributed by atoms with Gasteiger partial charge in [-0.25, -0.2) is 8.42 Å². The van der Waals surface area contributed by atoms with Crippen molar-refractivity contribution in [2.24, 2.45) is 0 Å². The number of unbranched alkanes of at least 4 members (excludes halogenated alkanes) is 1. The molecule has 1 heterocycles. The molecule has 0 aromatic rings. The van der Waals surface area contributed by atoms with Crippen molar-refractivity contribution in [2.75, 3.05) is 24.6 Å². The molecule has 90 valence electrons. The van der Waals surface area contributed by atoms with E-state index < -0.39 is 15.6 Å². The Morgan fingerprint density at radius 1 is 1.31 bits per heavy atom. The summed E-state index contributed by atoms with van der Waals surface area (Å²) < 4.78 is 23.0. The Hall–Kier alpha value is -1.09. The molecule has 16 heavy (non-hydrogen) atoms. The highest BCUT2D eigenvalue weighted by molar-refractivity contribution is 7.92. The summed E-state index contributed by atoms with van der Waals surface area (Å²) in [5.41, 5.74) is 0. The summed E-state index contributed by atoms with van der Waals surface area (Å²) in [5.74, 6) is -0.770. The molecule has 6 heteroatoms. The van der Waals surface area contributed by atoms with Crippen molar-refractivity contribution in [1.82, 2.24) is 4.90 Å². The molecule has 1 aliphatic heterocycles. The normalized spacial score (nSPS) is 16.1. The van der Waals surface area contributed by atoms with Crippen molar-refractivity contribution in [3.8, 4) is 6.07 Å². The van der Waals surface area contributed by atoms with Crippen molar-refractivity contribution in [2.45, 2.75) is 25.7 Å². The number of carbonyl (C=O) groups excluding carboxylic acids is 1. The third kappa shape index (κ3) is 4.19. The van der Waals surface area contributed by atoms with E-state index >= 15 is 0 Å². The van der Waals surface area contributed by atoms with Crippen LogP contribution in [0, 0.1) is 11.3 Å². The van der Waals surface area contributed by atoms with E-state index in [9.17, 15) is 13.2 Å². The summed E-state index contributed by atoms with van der Waals surface area (Å²) in [7, 11) is -3.33. The number of amides is 1. The lowest BCUT2D eigenvalue weighted by molar-refractivity contribution is -0.127. The monoisotopic (exact) mass is 244 g/mol. The number of carbonyl (C=O) groups is 1. The number of nitriles is 1. The van der Waals surface area contributed by atoms with Gasteiger partial charge < -0.3 is 4.90 Å². The fourth-order valence-electron chi connectivity index (χ4n) is 1.69. The van der Waals surface area contributed by atoms with E-state index in [4.69, 9.17) is 5.26 Å². The summed E-state index contributed by atoms with van der Waals surface area (Å²) in [6.45, 7) is 1.35. The predicted molar refractivity (Wildman–Crippen MR) is 59.3 cm³/mol. The van der Waals surface area contributed by atoms with Gasteiger partial charge in [-0.3, -0.25) is 4.79 Å². The van der Waals surface area contributed by atoms with Crippen LogP contribution in [0.3, 0.4) is 0 Å². The lowest BCUT2D eigenvalue weighted by Gasteiger charge is -2.14. The first kappa shape index (κ1) is 13.0. The van der Waals surface area contributed by atoms with Gasteiger partial charge in [-0.15, -0.1) is 0 Å². The highest BCUT2D eigenvalue weighted by Gasteiger charge is 2.23. The highest BCUT2D eigenvalue weighted by Crippen LogP contribution is 2.09. The van der Waals surface area contributed by atoms with Crippen LogP contribution in [0.5, 0.6) is 0 Å². The minimum Gasteiger partial charge on any atom is -0.342 e. The second kappa shape index (κ2) is 5.85. The van der Waals surface area contributed by atoms with Gasteiger partial charge in [0, 0.05) is 19.5 Å². The number of hydrogen-bond donors (Lipinski definition) is 0. The lowest BCUT2D eigenvalue weighted by atomic mass is 10.4. The van der Waals surface area contributed by atoms with Crippen LogP contribution in [0.4, 0.5) is 0 Å². The molecule has 0 atom stereocenters. The first-order chi connectivity index (χ1) is 7.55. The number of nitrogens with zero attached hydrogens (tertiary/aromatic N) is 2. The zero-order valence-electron chi connectivity index (χ0n) is 9.18. The van der Waals surface area contributed by atoms with Gasteiger partial charge in [-0.1, -0.05) is 0 Å². The predicted octanol–water partition coefficient (Wildman–Crippen LogP) is 0.327. The van der Waals surface area contributed by atoms with E-state index in [1.54, 1.807) is 4.90 Å². The van der Waals surface area contributed by atoms with E-state index in [1.165, 1.54) is 0 Å². The summed E-state index contributed by atoms with van der Waals surface area (Å²) in [5, 5.41) is 8.30. The average molecular weight is 244 g/mol. The standard InChI is InChI=1S/C10H16N2O3S/c11-5-1-4-8-16(14,15)9-10(13)12-6-2-3-7-12/h1-4,6-9H2. The Morgan fingerprint density at radius 3 is 2.50 bits per heavy atom. The Bertz CT molecular complexity index is 377. The first-order valence-corrected chi connectivity index (χ1v) is 7.22. The van der Waals surface area contributed by atoms with Crippen molar-refractivity contribution in [1.29, 1.82) is 5.26 Å². The van der Waals surface area contributed by atoms with Gasteiger partial charge in [0.1, 0.15) is 5.75 Å². The van der Waals surface area contributed by atoms with Gasteiger partial charge in [-0.2, -0.15) is 5.26 Å². The molecule has 1 rings (SSSR count). The molecule has 0 aromatic heterocycles. The van der Waals surface area contributed by atoms with E-state index in [1.807, 2.05) is 6.07 Å². The minimum atomic E-state index is -3.33. The average Bonchev–Trinajstić information content (AvgIpc) is 2.69. The molecular weight excluding hydrogens is 228 g/mol. The maximum absolute atomic E-state index is 11.6. The Labute approximate surface area is 96.0 Å². The van der Waals surface area contributed by atoms with Crippen LogP contribution in [0.1, 0.15) is 25.7 Å². The van der Waals surface area contributed by atoms with E-state index in [0.29, 0.717) is 19.5 Å². The quantitative estimate of drug-likeness (QED) is 0.653. The number of hydrogen-bond acceptors (Lipinski definition) is 4. The number of likely N-dealkylation sites (tertiary alicyclic amines) is 1. The van der Waals surface area contributed by atoms with E-state index in [2.05, 4.69) is 0 Å². The molecule has 0 unspecified atom stereocenters. The van der Waals surface area contributed by atoms with Crippen LogP contribution >= 0.6 is 0 Å². The second-order valence-electron chi connectivity index (χ2n) is 3.94. The van der Waals surface area contributed by atoms with Crippen LogP contribution in [0.2, 0.25) is 0 Å². The van der Waals surface area contributed by atoms with Gasteiger partial charge in [0.2, 0.25) is 5.91 Å². The molecule has 0 aromatic carbocycles. The zero-order chi connectivity index (χ0) is 12.0. The largest absolute Gasteiger partial charge is 0.342 e. The van der Waals surface area contributed by atoms with Gasteiger partial charge in [0.05, 0.1) is 11.8 Å². The molecule has 1 aliphatic rings. The molecular formula is C10H16N2O3S. The number of sulfone groups is 1. The molecule has 1 saturated heterocycles. The fourth-order valence-corrected chi connectivity index (χ4v) is 2.98. The van der Waals surface area contributed by atoms with Crippen molar-refractivity contribution in [3.63, 3.8) is 0 Å². The lowest BCUT2D eigenvalue weighted by Crippen LogP contribution is -2.34. The molecule has 0 aliphatic carbocycles. The van der Waals surface area contributed by atoms with E-state index in [-0.39, 0.29) is 18.1 Å². The maximum atomic E-state index is 11.6. The SMILES string of the molecule is N#CCCCS(=O)(=O)CC(=O)N1CCCC1. The summed E-state index contributed by atoms with van der Waals surface area (Å²) in [4.78, 5) is 13.2. The first-order valence-electron chi connectivity index (χ1n) is 5.40. The van der Waals surface area contributed by atoms with Gasteiger partial charge in [0.15, 0.2) is 9.84 Å². The minimum absolute atomic E-state index is 0.0693. The molecule has 0 spiro atoms. The van der Waals surface area contributed by atoms with Gasteiger partial charge >= 0.3 is 0 Å². The molecule has 0 saturated carbocycles. The Morgan fingerprint density at radius 2 is 1.94 bits per heavy atom. The molecule has 1 fully saturated rings. The summed E-state index contributed by atoms with van der Waals surface area (Å²) in [6, 6.07) is 1.89. The Kier molecular flexibility index (Phi) is 4.74. The molecule has 0 radical (unpaired) electrons. The fraction of sp³-hybridized carbons (Fsp3) is 0.800. The topological polar surface area (TPSA) is 78.2 Å². The zero-order valence-corrected chi connectivity index (χ0v) is 10.0. The van der Waals surface area contributed by atoms with Crippen LogP contribution in [-0.4, -0.2) is 43.8 Å². The smallest absolute Gasteiger partial charge is 0.237 e. The van der Waals surface area contributed by atoms with Gasteiger partial charge in [-0.05, 0) is 19.3 Å². The van der Waals surface area contributed by atoms with Crippen molar-refractivity contribution < 1.29 is 13.2 Å². The van der Waals surface area contributed by atoms with Crippen LogP contribution in [-0.2, 0) is 14.6 Å². The highest BCUT2D eigenvalue weighted by atomic mass is 32.2. The van der Waals surface area contributed by atoms with Crippen LogP contribution < -0.4 is 0 Å². The van der Waals surface area contributed by atoms with Crippen molar-refractivity contribution >= 4 is 15.7 Å². The summed E-state index contributed by atoms with van der Waals surface area (Å²) >= 11 is 0.